The molecule has 4 N–H and O–H groups in total. The first-order chi connectivity index (χ1) is 19.7. The van der Waals surface area contributed by atoms with Gasteiger partial charge in [-0.05, 0) is 31.2 Å². The number of anilines is 1. The lowest BCUT2D eigenvalue weighted by molar-refractivity contribution is 0.252. The quantitative estimate of drug-likeness (QED) is 0.251. The zero-order valence-electron chi connectivity index (χ0n) is 20.8. The number of halogens is 1. The Balaban J connectivity index is 1.43. The second kappa shape index (κ2) is 9.43. The number of imidazole rings is 1. The molecule has 6 rings (SSSR count). The van der Waals surface area contributed by atoms with Gasteiger partial charge in [-0.1, -0.05) is 12.1 Å². The molecule has 0 aliphatic rings. The summed E-state index contributed by atoms with van der Waals surface area (Å²) in [4.78, 5) is 61.1. The third-order valence-electron chi connectivity index (χ3n) is 6.20. The Kier molecular flexibility index (Phi) is 5.73. The Morgan fingerprint density at radius 2 is 1.93 bits per heavy atom. The third kappa shape index (κ3) is 4.19. The number of fused-ring (bicyclic) bond motifs is 1. The number of benzene rings is 2. The molecule has 0 atom stereocenters. The van der Waals surface area contributed by atoms with Crippen LogP contribution in [0.25, 0.3) is 33.8 Å². The van der Waals surface area contributed by atoms with Crippen molar-refractivity contribution >= 4 is 22.8 Å². The maximum Gasteiger partial charge on any atom is 0.361 e. The molecule has 15 nitrogen and oxygen atoms in total. The first-order valence-electron chi connectivity index (χ1n) is 11.8. The molecule has 0 spiro atoms. The molecular formula is C25H16FN11O4. The van der Waals surface area contributed by atoms with Crippen molar-refractivity contribution in [3.63, 3.8) is 0 Å². The van der Waals surface area contributed by atoms with E-state index in [1.54, 1.807) is 42.1 Å². The molecular weight excluding hydrogens is 537 g/mol. The molecule has 202 valence electrons. The Hall–Kier alpha value is -6.37. The van der Waals surface area contributed by atoms with Gasteiger partial charge in [-0.2, -0.15) is 19.9 Å². The van der Waals surface area contributed by atoms with Crippen molar-refractivity contribution in [2.75, 3.05) is 5.32 Å². The average Bonchev–Trinajstić information content (AvgIpc) is 3.68. The van der Waals surface area contributed by atoms with E-state index in [-0.39, 0.29) is 38.5 Å². The zero-order valence-corrected chi connectivity index (χ0v) is 20.8. The minimum absolute atomic E-state index is 0.198. The number of amides is 1. The number of aryl methyl sites for hydroxylation is 1. The van der Waals surface area contributed by atoms with E-state index in [0.29, 0.717) is 17.1 Å². The summed E-state index contributed by atoms with van der Waals surface area (Å²) in [5, 5.41) is 20.9. The van der Waals surface area contributed by atoms with Crippen molar-refractivity contribution < 1.29 is 9.18 Å². The summed E-state index contributed by atoms with van der Waals surface area (Å²) in [6.45, 7) is 1.74. The molecule has 0 unspecified atom stereocenters. The van der Waals surface area contributed by atoms with Crippen LogP contribution in [0, 0.1) is 24.1 Å². The number of hydrogen-bond acceptors (Lipinski definition) is 8. The van der Waals surface area contributed by atoms with E-state index in [0.717, 1.165) is 10.7 Å². The fraction of sp³-hybridized carbons (Fsp3) is 0.0400. The van der Waals surface area contributed by atoms with Crippen LogP contribution in [-0.4, -0.2) is 50.1 Å². The number of aromatic nitrogens is 9. The van der Waals surface area contributed by atoms with Crippen molar-refractivity contribution in [3.05, 3.63) is 104 Å². The van der Waals surface area contributed by atoms with Crippen molar-refractivity contribution in [1.29, 1.82) is 5.26 Å². The number of carbonyl (C=O) groups excluding carboxylic acids is 1. The highest BCUT2D eigenvalue weighted by Gasteiger charge is 2.23. The van der Waals surface area contributed by atoms with Crippen LogP contribution < -0.4 is 22.3 Å². The van der Waals surface area contributed by atoms with Crippen LogP contribution in [0.4, 0.5) is 14.9 Å². The molecule has 0 radical (unpaired) electrons. The van der Waals surface area contributed by atoms with E-state index >= 15 is 0 Å². The van der Waals surface area contributed by atoms with Gasteiger partial charge < -0.3 is 14.9 Å². The summed E-state index contributed by atoms with van der Waals surface area (Å²) in [5.41, 5.74) is -2.79. The molecule has 0 saturated carbocycles. The molecule has 1 amide bonds. The smallest absolute Gasteiger partial charge is 0.304 e. The van der Waals surface area contributed by atoms with Gasteiger partial charge in [-0.3, -0.25) is 9.89 Å². The van der Waals surface area contributed by atoms with Crippen molar-refractivity contribution in [2.45, 2.75) is 6.92 Å². The molecule has 16 heteroatoms. The molecule has 0 aliphatic heterocycles. The van der Waals surface area contributed by atoms with Crippen LogP contribution in [0.2, 0.25) is 0 Å². The predicted octanol–water partition coefficient (Wildman–Crippen LogP) is 1.54. The minimum atomic E-state index is -1.24. The second-order valence-electron chi connectivity index (χ2n) is 8.67. The second-order valence-corrected chi connectivity index (χ2v) is 8.67. The summed E-state index contributed by atoms with van der Waals surface area (Å²) in [6.07, 6.45) is 3.19. The number of rotatable bonds is 4. The number of nitriles is 1. The van der Waals surface area contributed by atoms with Crippen LogP contribution in [0.1, 0.15) is 11.5 Å². The Morgan fingerprint density at radius 1 is 1.10 bits per heavy atom. The van der Waals surface area contributed by atoms with Crippen LogP contribution >= 0.6 is 0 Å². The van der Waals surface area contributed by atoms with E-state index in [2.05, 4.69) is 35.6 Å². The molecule has 2 aromatic carbocycles. The highest BCUT2D eigenvalue weighted by molar-refractivity contribution is 5.93. The van der Waals surface area contributed by atoms with E-state index in [4.69, 9.17) is 0 Å². The summed E-state index contributed by atoms with van der Waals surface area (Å²) in [5.74, 6) is -0.00101. The van der Waals surface area contributed by atoms with Gasteiger partial charge in [0.15, 0.2) is 17.0 Å². The first-order valence-corrected chi connectivity index (χ1v) is 11.8. The third-order valence-corrected chi connectivity index (χ3v) is 6.20. The minimum Gasteiger partial charge on any atom is -0.304 e. The Bertz CT molecular complexity index is 2220. The largest absolute Gasteiger partial charge is 0.361 e. The number of nitrogens with zero attached hydrogens (tertiary/aromatic N) is 7. The molecule has 41 heavy (non-hydrogen) atoms. The van der Waals surface area contributed by atoms with Gasteiger partial charge in [-0.25, -0.2) is 33.5 Å². The highest BCUT2D eigenvalue weighted by Crippen LogP contribution is 2.22. The van der Waals surface area contributed by atoms with Gasteiger partial charge in [0.2, 0.25) is 0 Å². The van der Waals surface area contributed by atoms with Crippen molar-refractivity contribution in [1.82, 2.24) is 44.1 Å². The summed E-state index contributed by atoms with van der Waals surface area (Å²) in [7, 11) is 0. The molecule has 0 aliphatic carbocycles. The number of H-pyrrole nitrogens is 3. The van der Waals surface area contributed by atoms with Crippen molar-refractivity contribution in [2.24, 2.45) is 0 Å². The summed E-state index contributed by atoms with van der Waals surface area (Å²) in [6, 6.07) is 10.8. The van der Waals surface area contributed by atoms with Gasteiger partial charge in [0.25, 0.3) is 5.56 Å². The number of carbonyl (C=O) groups is 1. The van der Waals surface area contributed by atoms with Gasteiger partial charge in [0, 0.05) is 29.7 Å². The average molecular weight is 553 g/mol. The van der Waals surface area contributed by atoms with Gasteiger partial charge in [0.05, 0.1) is 11.4 Å². The topological polar surface area (TPSA) is 205 Å². The van der Waals surface area contributed by atoms with E-state index in [1.165, 1.54) is 18.2 Å². The molecule has 4 heterocycles. The lowest BCUT2D eigenvalue weighted by Gasteiger charge is -2.11. The predicted molar refractivity (Wildman–Crippen MR) is 142 cm³/mol. The fourth-order valence-electron chi connectivity index (χ4n) is 4.31. The lowest BCUT2D eigenvalue weighted by atomic mass is 10.2. The van der Waals surface area contributed by atoms with Gasteiger partial charge in [0.1, 0.15) is 23.2 Å². The SMILES string of the molecule is Cc1nccn1-c1ccc(NC(=O)n2c(=O)[nH]c3c(C#N)nn(-c4cccc(-c5nc(=O)[nH][nH]5)c4)c3c2=O)c(F)c1. The standard InChI is InChI=1S/C25H16FN11O4/c1-12-28-7-8-35(12)14-5-6-17(16(26)10-14)29-24(40)36-22(38)20-19(30-25(36)41)18(11-27)34-37(20)15-4-2-3-13(9-15)21-31-23(39)33-32-21/h2-10H,1H3,(H,29,40)(H,30,41)(H2,31,32,33,39). The van der Waals surface area contributed by atoms with Gasteiger partial charge in [-0.15, -0.1) is 0 Å². The van der Waals surface area contributed by atoms with Crippen LogP contribution in [0.15, 0.2) is 69.2 Å². The number of hydrogen-bond donors (Lipinski definition) is 4. The summed E-state index contributed by atoms with van der Waals surface area (Å²) < 4.78 is 17.9. The van der Waals surface area contributed by atoms with Crippen molar-refractivity contribution in [3.8, 4) is 28.8 Å². The molecule has 6 aromatic rings. The molecule has 0 bridgehead atoms. The summed E-state index contributed by atoms with van der Waals surface area (Å²) >= 11 is 0. The van der Waals surface area contributed by atoms with E-state index < -0.39 is 28.8 Å². The first kappa shape index (κ1) is 24.9. The maximum atomic E-state index is 14.9. The van der Waals surface area contributed by atoms with Crippen LogP contribution in [0.5, 0.6) is 0 Å². The normalized spacial score (nSPS) is 11.0. The Morgan fingerprint density at radius 3 is 2.61 bits per heavy atom. The molecule has 4 aromatic heterocycles. The van der Waals surface area contributed by atoms with E-state index in [1.807, 2.05) is 6.07 Å². The number of aromatic amines is 3. The zero-order chi connectivity index (χ0) is 28.8. The maximum absolute atomic E-state index is 14.9. The van der Waals surface area contributed by atoms with Crippen LogP contribution in [-0.2, 0) is 0 Å². The molecule has 0 saturated heterocycles. The lowest BCUT2D eigenvalue weighted by Crippen LogP contribution is -2.42. The highest BCUT2D eigenvalue weighted by atomic mass is 19.1. The fourth-order valence-corrected chi connectivity index (χ4v) is 4.31. The van der Waals surface area contributed by atoms with Crippen LogP contribution in [0.3, 0.4) is 0 Å². The number of nitrogens with one attached hydrogen (secondary N) is 4. The Labute approximate surface area is 226 Å². The van der Waals surface area contributed by atoms with E-state index in [9.17, 15) is 28.8 Å². The monoisotopic (exact) mass is 553 g/mol. The van der Waals surface area contributed by atoms with Gasteiger partial charge >= 0.3 is 17.4 Å². The molecule has 0 fully saturated rings.